The van der Waals surface area contributed by atoms with Crippen molar-refractivity contribution in [2.75, 3.05) is 13.3 Å². The van der Waals surface area contributed by atoms with Crippen molar-refractivity contribution < 1.29 is 4.57 Å². The monoisotopic (exact) mass is 172 g/mol. The van der Waals surface area contributed by atoms with E-state index in [1.54, 1.807) is 0 Å². The lowest BCUT2D eigenvalue weighted by molar-refractivity contribution is 0.580. The molecule has 0 radical (unpaired) electrons. The highest BCUT2D eigenvalue weighted by atomic mass is 31.2. The summed E-state index contributed by atoms with van der Waals surface area (Å²) in [5.41, 5.74) is 1.39. The molecule has 64 valence electrons. The summed E-state index contributed by atoms with van der Waals surface area (Å²) in [4.78, 5) is 0. The topological polar surface area (TPSA) is 17.1 Å². The smallest absolute Gasteiger partial charge is 0.105 e. The van der Waals surface area contributed by atoms with E-state index in [2.05, 4.69) is 6.92 Å². The van der Waals surface area contributed by atoms with E-state index < -0.39 is 7.14 Å². The Morgan fingerprint density at radius 1 is 1.18 bits per heavy atom. The molecule has 0 spiro atoms. The predicted molar refractivity (Wildman–Crippen MR) is 50.6 cm³/mol. The van der Waals surface area contributed by atoms with Crippen LogP contribution in [0, 0.1) is 0 Å². The van der Waals surface area contributed by atoms with Gasteiger partial charge in [-0.15, -0.1) is 0 Å². The van der Waals surface area contributed by atoms with Crippen LogP contribution < -0.4 is 0 Å². The van der Waals surface area contributed by atoms with E-state index in [-0.39, 0.29) is 0 Å². The maximum absolute atomic E-state index is 11.7. The van der Waals surface area contributed by atoms with Crippen molar-refractivity contribution in [3.63, 3.8) is 0 Å². The van der Waals surface area contributed by atoms with Crippen molar-refractivity contribution in [2.45, 2.75) is 32.6 Å². The molecule has 0 bridgehead atoms. The first-order valence-corrected chi connectivity index (χ1v) is 6.86. The van der Waals surface area contributed by atoms with Gasteiger partial charge >= 0.3 is 0 Å². The Kier molecular flexibility index (Phi) is 2.59. The van der Waals surface area contributed by atoms with E-state index in [9.17, 15) is 4.57 Å². The van der Waals surface area contributed by atoms with Gasteiger partial charge in [0.05, 0.1) is 0 Å². The second kappa shape index (κ2) is 3.15. The van der Waals surface area contributed by atoms with E-state index in [1.807, 2.05) is 13.3 Å². The van der Waals surface area contributed by atoms with E-state index in [0.29, 0.717) is 0 Å². The van der Waals surface area contributed by atoms with Crippen molar-refractivity contribution in [1.82, 2.24) is 0 Å². The van der Waals surface area contributed by atoms with Gasteiger partial charge < -0.3 is 4.57 Å². The standard InChI is InChI=1S/C9H17OP/c1-8-6-4-5-7-9(8)11(2,3)10/h4-7H2,1-3H3. The molecular formula is C9H17OP. The molecule has 0 aliphatic heterocycles. The summed E-state index contributed by atoms with van der Waals surface area (Å²) in [6, 6.07) is 0. The summed E-state index contributed by atoms with van der Waals surface area (Å²) in [5.74, 6) is 0. The molecular weight excluding hydrogens is 155 g/mol. The molecule has 2 heteroatoms. The highest BCUT2D eigenvalue weighted by Gasteiger charge is 2.19. The zero-order chi connectivity index (χ0) is 8.48. The maximum atomic E-state index is 11.7. The molecule has 0 saturated heterocycles. The normalized spacial score (nSPS) is 20.6. The van der Waals surface area contributed by atoms with E-state index in [4.69, 9.17) is 0 Å². The molecule has 0 aromatic carbocycles. The second-order valence-electron chi connectivity index (χ2n) is 3.78. The Hall–Kier alpha value is -0.0300. The lowest BCUT2D eigenvalue weighted by Gasteiger charge is -2.20. The first-order chi connectivity index (χ1) is 5.02. The molecule has 1 aliphatic carbocycles. The Labute approximate surface area is 69.3 Å². The molecule has 0 N–H and O–H groups in total. The van der Waals surface area contributed by atoms with Crippen molar-refractivity contribution in [3.8, 4) is 0 Å². The van der Waals surface area contributed by atoms with Gasteiger partial charge in [0, 0.05) is 0 Å². The highest BCUT2D eigenvalue weighted by molar-refractivity contribution is 7.66. The Morgan fingerprint density at radius 2 is 1.73 bits per heavy atom. The maximum Gasteiger partial charge on any atom is 0.105 e. The van der Waals surface area contributed by atoms with Gasteiger partial charge in [-0.25, -0.2) is 0 Å². The van der Waals surface area contributed by atoms with Gasteiger partial charge in [0.15, 0.2) is 0 Å². The molecule has 0 atom stereocenters. The molecule has 0 heterocycles. The van der Waals surface area contributed by atoms with Crippen LogP contribution in [-0.2, 0) is 4.57 Å². The molecule has 0 fully saturated rings. The van der Waals surface area contributed by atoms with Gasteiger partial charge in [-0.3, -0.25) is 0 Å². The molecule has 1 rings (SSSR count). The summed E-state index contributed by atoms with van der Waals surface area (Å²) in [6.45, 7) is 5.91. The van der Waals surface area contributed by atoms with Crippen LogP contribution in [0.5, 0.6) is 0 Å². The third kappa shape index (κ3) is 2.20. The fourth-order valence-electron chi connectivity index (χ4n) is 1.77. The lowest BCUT2D eigenvalue weighted by atomic mass is 10.0. The highest BCUT2D eigenvalue weighted by Crippen LogP contribution is 2.52. The van der Waals surface area contributed by atoms with Crippen LogP contribution in [0.4, 0.5) is 0 Å². The molecule has 1 nitrogen and oxygen atoms in total. The van der Waals surface area contributed by atoms with Gasteiger partial charge in [-0.1, -0.05) is 5.57 Å². The fraction of sp³-hybridized carbons (Fsp3) is 0.778. The van der Waals surface area contributed by atoms with Crippen LogP contribution in [0.1, 0.15) is 32.6 Å². The molecule has 0 saturated carbocycles. The minimum absolute atomic E-state index is 1.08. The van der Waals surface area contributed by atoms with Crippen molar-refractivity contribution in [1.29, 1.82) is 0 Å². The summed E-state index contributed by atoms with van der Waals surface area (Å²) >= 11 is 0. The SMILES string of the molecule is CC1=C(P(C)(C)=O)CCCC1. The Bertz CT molecular complexity index is 222. The molecule has 0 unspecified atom stereocenters. The molecule has 0 aromatic heterocycles. The molecule has 0 aromatic rings. The van der Waals surface area contributed by atoms with Crippen LogP contribution in [0.2, 0.25) is 0 Å². The zero-order valence-corrected chi connectivity index (χ0v) is 8.58. The third-order valence-electron chi connectivity index (χ3n) is 2.36. The number of hydrogen-bond donors (Lipinski definition) is 0. The molecule has 1 aliphatic rings. The number of rotatable bonds is 1. The lowest BCUT2D eigenvalue weighted by Crippen LogP contribution is -1.97. The van der Waals surface area contributed by atoms with Gasteiger partial charge in [-0.05, 0) is 51.3 Å². The minimum Gasteiger partial charge on any atom is -0.320 e. The number of hydrogen-bond acceptors (Lipinski definition) is 1. The second-order valence-corrected chi connectivity index (χ2v) is 7.03. The van der Waals surface area contributed by atoms with E-state index in [1.165, 1.54) is 30.1 Å². The van der Waals surface area contributed by atoms with E-state index >= 15 is 0 Å². The van der Waals surface area contributed by atoms with Gasteiger partial charge in [-0.2, -0.15) is 0 Å². The van der Waals surface area contributed by atoms with Crippen LogP contribution in [0.25, 0.3) is 0 Å². The third-order valence-corrected chi connectivity index (χ3v) is 4.26. The van der Waals surface area contributed by atoms with Gasteiger partial charge in [0.1, 0.15) is 7.14 Å². The Balaban J connectivity index is 2.92. The molecule has 0 amide bonds. The van der Waals surface area contributed by atoms with Gasteiger partial charge in [0.2, 0.25) is 0 Å². The first-order valence-electron chi connectivity index (χ1n) is 4.26. The summed E-state index contributed by atoms with van der Waals surface area (Å²) in [5, 5.41) is 1.27. The largest absolute Gasteiger partial charge is 0.320 e. The van der Waals surface area contributed by atoms with Gasteiger partial charge in [0.25, 0.3) is 0 Å². The quantitative estimate of drug-likeness (QED) is 0.553. The predicted octanol–water partition coefficient (Wildman–Crippen LogP) is 3.46. The van der Waals surface area contributed by atoms with E-state index in [0.717, 1.165) is 6.42 Å². The number of allylic oxidation sites excluding steroid dienone is 2. The summed E-state index contributed by atoms with van der Waals surface area (Å²) < 4.78 is 11.7. The minimum atomic E-state index is -1.92. The van der Waals surface area contributed by atoms with Crippen LogP contribution in [-0.4, -0.2) is 13.3 Å². The average Bonchev–Trinajstić information content (AvgIpc) is 1.86. The van der Waals surface area contributed by atoms with Crippen LogP contribution >= 0.6 is 7.14 Å². The van der Waals surface area contributed by atoms with Crippen LogP contribution in [0.15, 0.2) is 10.9 Å². The van der Waals surface area contributed by atoms with Crippen molar-refractivity contribution in [3.05, 3.63) is 10.9 Å². The summed E-state index contributed by atoms with van der Waals surface area (Å²) in [6.07, 6.45) is 4.77. The Morgan fingerprint density at radius 3 is 2.09 bits per heavy atom. The van der Waals surface area contributed by atoms with Crippen LogP contribution in [0.3, 0.4) is 0 Å². The zero-order valence-electron chi connectivity index (χ0n) is 7.68. The molecule has 11 heavy (non-hydrogen) atoms. The fourth-order valence-corrected chi connectivity index (χ4v) is 3.50. The van der Waals surface area contributed by atoms with Crippen molar-refractivity contribution >= 4 is 7.14 Å². The van der Waals surface area contributed by atoms with Crippen molar-refractivity contribution in [2.24, 2.45) is 0 Å². The first kappa shape index (κ1) is 9.06. The summed E-state index contributed by atoms with van der Waals surface area (Å²) in [7, 11) is -1.92. The average molecular weight is 172 g/mol.